The van der Waals surface area contributed by atoms with E-state index in [1.165, 1.54) is 27.8 Å². The van der Waals surface area contributed by atoms with Gasteiger partial charge in [0.25, 0.3) is 0 Å². The van der Waals surface area contributed by atoms with Gasteiger partial charge in [-0.3, -0.25) is 0 Å². The van der Waals surface area contributed by atoms with Crippen LogP contribution in [-0.2, 0) is 20.4 Å². The number of hydrogen-bond donors (Lipinski definition) is 0. The van der Waals surface area contributed by atoms with Crippen molar-refractivity contribution in [1.29, 1.82) is 0 Å². The van der Waals surface area contributed by atoms with Crippen molar-refractivity contribution >= 4 is 11.0 Å². The van der Waals surface area contributed by atoms with Gasteiger partial charge in [0.05, 0.1) is 0 Å². The van der Waals surface area contributed by atoms with Crippen LogP contribution in [0.15, 0.2) is 56.4 Å². The molecule has 0 aliphatic heterocycles. The first-order chi connectivity index (χ1) is 15.1. The van der Waals surface area contributed by atoms with Crippen LogP contribution in [0.4, 0.5) is 0 Å². The van der Waals surface area contributed by atoms with Crippen LogP contribution in [0.5, 0.6) is 0 Å². The molecule has 0 bridgehead atoms. The van der Waals surface area contributed by atoms with Gasteiger partial charge in [-0.25, -0.2) is 0 Å². The summed E-state index contributed by atoms with van der Waals surface area (Å²) in [6.45, 7) is 24.3. The number of fused-ring (bicyclic) bond motifs is 1. The van der Waals surface area contributed by atoms with Gasteiger partial charge in [-0.15, -0.1) is 0 Å². The summed E-state index contributed by atoms with van der Waals surface area (Å²) in [5.74, 6) is 0.648. The van der Waals surface area contributed by atoms with Gasteiger partial charge in [0.15, 0.2) is 0 Å². The molecule has 0 saturated carbocycles. The molecule has 32 heavy (non-hydrogen) atoms. The quantitative estimate of drug-likeness (QED) is 0.358. The Morgan fingerprint density at radius 2 is 1.34 bits per heavy atom. The van der Waals surface area contributed by atoms with Crippen molar-refractivity contribution in [2.24, 2.45) is 5.92 Å². The standard InChI is InChI=1S/C19H19.C9H13.C2H6Si.Zr/c1-12-13(2)15(4)19-17(14(12)3)10-11-18(19)16-8-6-5-7-9-16;1-6-5-7(2)9(4)8(6)3;1-3-2;/h5-11H,1-4H3;6H,1-4H3;1-2H3;. The maximum atomic E-state index is 2.74. The summed E-state index contributed by atoms with van der Waals surface area (Å²) in [5, 5.41) is 0. The molecule has 0 fully saturated rings. The van der Waals surface area contributed by atoms with E-state index in [9.17, 15) is 0 Å². The minimum atomic E-state index is -1.99. The van der Waals surface area contributed by atoms with Gasteiger partial charge >= 0.3 is 205 Å². The molecule has 0 spiro atoms. The zero-order chi connectivity index (χ0) is 23.5. The topological polar surface area (TPSA) is 0 Å². The third-order valence-electron chi connectivity index (χ3n) is 8.51. The van der Waals surface area contributed by atoms with Gasteiger partial charge in [0, 0.05) is 0 Å². The Labute approximate surface area is 203 Å². The van der Waals surface area contributed by atoms with Crippen LogP contribution in [0.2, 0.25) is 13.1 Å². The Morgan fingerprint density at radius 1 is 0.750 bits per heavy atom. The van der Waals surface area contributed by atoms with Crippen molar-refractivity contribution in [3.05, 3.63) is 95.4 Å². The molecule has 0 nitrogen and oxygen atoms in total. The van der Waals surface area contributed by atoms with Gasteiger partial charge in [-0.2, -0.15) is 0 Å². The van der Waals surface area contributed by atoms with E-state index < -0.39 is 20.4 Å². The molecule has 2 unspecified atom stereocenters. The van der Waals surface area contributed by atoms with Crippen molar-refractivity contribution in [3.8, 4) is 0 Å². The van der Waals surface area contributed by atoms with Crippen molar-refractivity contribution in [3.63, 3.8) is 0 Å². The normalized spacial score (nSPS) is 20.1. The summed E-state index contributed by atoms with van der Waals surface area (Å²) in [5.41, 5.74) is 16.7. The van der Waals surface area contributed by atoms with E-state index in [2.05, 4.69) is 105 Å². The van der Waals surface area contributed by atoms with Crippen LogP contribution in [-0.4, -0.2) is 5.43 Å². The van der Waals surface area contributed by atoms with Gasteiger partial charge in [0.2, 0.25) is 0 Å². The molecule has 0 radical (unpaired) electrons. The van der Waals surface area contributed by atoms with Gasteiger partial charge in [-0.05, 0) is 0 Å². The summed E-state index contributed by atoms with van der Waals surface area (Å²) >= 11 is -1.99. The molecule has 2 aromatic carbocycles. The first kappa shape index (κ1) is 23.9. The number of allylic oxidation sites excluding steroid dienone is 5. The Kier molecular flexibility index (Phi) is 6.61. The molecule has 166 valence electrons. The van der Waals surface area contributed by atoms with E-state index in [0.717, 1.165) is 0 Å². The fourth-order valence-corrected chi connectivity index (χ4v) is 25.9. The molecule has 0 aromatic heterocycles. The number of hydrogen-bond acceptors (Lipinski definition) is 0. The minimum absolute atomic E-state index is 0.381. The summed E-state index contributed by atoms with van der Waals surface area (Å²) < 4.78 is 2.58. The van der Waals surface area contributed by atoms with Crippen LogP contribution >= 0.6 is 0 Å². The predicted molar refractivity (Wildman–Crippen MR) is 139 cm³/mol. The monoisotopic (exact) mass is 516 g/mol. The van der Waals surface area contributed by atoms with E-state index in [0.29, 0.717) is 9.54 Å². The van der Waals surface area contributed by atoms with Crippen LogP contribution in [0.1, 0.15) is 70.3 Å². The predicted octanol–water partition coefficient (Wildman–Crippen LogP) is 8.54. The zero-order valence-electron chi connectivity index (χ0n) is 21.6. The van der Waals surface area contributed by atoms with E-state index in [1.807, 2.05) is 3.28 Å². The molecule has 0 saturated heterocycles. The second-order valence-electron chi connectivity index (χ2n) is 10.2. The average molecular weight is 518 g/mol. The van der Waals surface area contributed by atoms with Gasteiger partial charge in [0.1, 0.15) is 0 Å². The van der Waals surface area contributed by atoms with Crippen LogP contribution < -0.4 is 0 Å². The molecule has 2 aromatic rings. The molecule has 2 heteroatoms. The Balaban J connectivity index is 2.05. The maximum absolute atomic E-state index is 2.74. The van der Waals surface area contributed by atoms with Crippen molar-refractivity contribution < 1.29 is 20.4 Å². The zero-order valence-corrected chi connectivity index (χ0v) is 25.1. The fourth-order valence-electron chi connectivity index (χ4n) is 6.04. The molecule has 2 atom stereocenters. The Hall–Kier alpha value is -1.24. The Morgan fingerprint density at radius 3 is 1.88 bits per heavy atom. The average Bonchev–Trinajstić information content (AvgIpc) is 3.25. The van der Waals surface area contributed by atoms with Gasteiger partial charge in [-0.1, -0.05) is 0 Å². The van der Waals surface area contributed by atoms with Crippen molar-refractivity contribution in [1.82, 2.24) is 0 Å². The van der Waals surface area contributed by atoms with Crippen LogP contribution in [0.3, 0.4) is 0 Å². The van der Waals surface area contributed by atoms with Crippen LogP contribution in [0.25, 0.3) is 5.57 Å². The van der Waals surface area contributed by atoms with E-state index in [1.54, 1.807) is 33.4 Å². The molecule has 0 N–H and O–H groups in total. The molecule has 4 rings (SSSR count). The first-order valence-corrected chi connectivity index (χ1v) is 20.8. The second kappa shape index (κ2) is 8.84. The molecule has 0 heterocycles. The SMILES string of the molecule is CC1=C(C)C(C)[C]([Zr]([CH]2C=C(c3ccccc3)c3c(C)c(C)c(C)c(C)c32)=[Si](C)C)=C1C. The second-order valence-corrected chi connectivity index (χ2v) is 27.6. The van der Waals surface area contributed by atoms with E-state index >= 15 is 0 Å². The summed E-state index contributed by atoms with van der Waals surface area (Å²) in [6.07, 6.45) is 2.74. The molecule has 0 amide bonds. The Bertz CT molecular complexity index is 1250. The number of benzene rings is 2. The number of rotatable bonds is 3. The molecule has 2 aliphatic carbocycles. The fraction of sp³-hybridized carbons (Fsp3) is 0.400. The van der Waals surface area contributed by atoms with E-state index in [-0.39, 0.29) is 5.43 Å². The molecule has 2 aliphatic rings. The molecular weight excluding hydrogens is 480 g/mol. The van der Waals surface area contributed by atoms with Gasteiger partial charge < -0.3 is 0 Å². The third-order valence-corrected chi connectivity index (χ3v) is 27.0. The van der Waals surface area contributed by atoms with E-state index in [4.69, 9.17) is 0 Å². The third kappa shape index (κ3) is 3.57. The van der Waals surface area contributed by atoms with Crippen LogP contribution in [0, 0.1) is 33.6 Å². The first-order valence-electron chi connectivity index (χ1n) is 12.0. The van der Waals surface area contributed by atoms with Crippen molar-refractivity contribution in [2.45, 2.75) is 72.1 Å². The summed E-state index contributed by atoms with van der Waals surface area (Å²) in [7, 11) is 0. The summed E-state index contributed by atoms with van der Waals surface area (Å²) in [6, 6.07) is 11.2. The molecular formula is C30H38SiZr. The summed E-state index contributed by atoms with van der Waals surface area (Å²) in [4.78, 5) is 0. The van der Waals surface area contributed by atoms with Crippen molar-refractivity contribution in [2.75, 3.05) is 0 Å².